The van der Waals surface area contributed by atoms with E-state index >= 15 is 0 Å². The Morgan fingerprint density at radius 3 is 2.52 bits per heavy atom. The van der Waals surface area contributed by atoms with Crippen LogP contribution in [0.2, 0.25) is 0 Å². The highest BCUT2D eigenvalue weighted by atomic mass is 32.2. The molecule has 0 radical (unpaired) electrons. The van der Waals surface area contributed by atoms with E-state index in [1.807, 2.05) is 48.5 Å². The minimum atomic E-state index is -3.79. The van der Waals surface area contributed by atoms with Gasteiger partial charge in [0.1, 0.15) is 5.75 Å². The van der Waals surface area contributed by atoms with Gasteiger partial charge in [-0.1, -0.05) is 48.5 Å². The number of fused-ring (bicyclic) bond motifs is 1. The smallest absolute Gasteiger partial charge is 0.264 e. The number of hydrogen-bond donors (Lipinski definition) is 2. The van der Waals surface area contributed by atoms with Crippen LogP contribution in [0.4, 0.5) is 0 Å². The summed E-state index contributed by atoms with van der Waals surface area (Å²) in [6, 6.07) is 20.1. The Morgan fingerprint density at radius 1 is 1.04 bits per heavy atom. The first-order valence-electron chi connectivity index (χ1n) is 8.43. The van der Waals surface area contributed by atoms with Gasteiger partial charge in [-0.15, -0.1) is 0 Å². The van der Waals surface area contributed by atoms with Gasteiger partial charge in [0.05, 0.1) is 12.0 Å². The Labute approximate surface area is 158 Å². The van der Waals surface area contributed by atoms with Gasteiger partial charge in [-0.3, -0.25) is 4.99 Å². The molecular formula is C20H21N3O3S. The molecule has 0 aromatic heterocycles. The molecule has 3 rings (SSSR count). The van der Waals surface area contributed by atoms with Crippen LogP contribution in [0, 0.1) is 0 Å². The third-order valence-electron chi connectivity index (χ3n) is 4.13. The molecular weight excluding hydrogens is 362 g/mol. The first-order valence-corrected chi connectivity index (χ1v) is 9.91. The van der Waals surface area contributed by atoms with Crippen molar-refractivity contribution in [1.29, 1.82) is 0 Å². The number of rotatable bonds is 6. The molecule has 0 bridgehead atoms. The first kappa shape index (κ1) is 18.7. The van der Waals surface area contributed by atoms with Crippen LogP contribution in [0.5, 0.6) is 5.75 Å². The van der Waals surface area contributed by atoms with Gasteiger partial charge < -0.3 is 10.5 Å². The topological polar surface area (TPSA) is 93.8 Å². The molecule has 0 saturated heterocycles. The Balaban J connectivity index is 1.69. The lowest BCUT2D eigenvalue weighted by atomic mass is 10.1. The molecule has 6 nitrogen and oxygen atoms in total. The van der Waals surface area contributed by atoms with E-state index in [-0.39, 0.29) is 10.9 Å². The second-order valence-corrected chi connectivity index (χ2v) is 7.63. The van der Waals surface area contributed by atoms with Gasteiger partial charge >= 0.3 is 0 Å². The molecule has 27 heavy (non-hydrogen) atoms. The fourth-order valence-corrected chi connectivity index (χ4v) is 3.76. The summed E-state index contributed by atoms with van der Waals surface area (Å²) in [6.45, 7) is 0.340. The van der Waals surface area contributed by atoms with Crippen LogP contribution in [0.25, 0.3) is 10.8 Å². The summed E-state index contributed by atoms with van der Waals surface area (Å²) in [5.74, 6) is 0.626. The number of hydrogen-bond acceptors (Lipinski definition) is 4. The fraction of sp³-hybridized carbons (Fsp3) is 0.150. The predicted octanol–water partition coefficient (Wildman–Crippen LogP) is 2.68. The van der Waals surface area contributed by atoms with Gasteiger partial charge in [-0.2, -0.15) is 0 Å². The summed E-state index contributed by atoms with van der Waals surface area (Å²) in [7, 11) is -2.18. The number of nitrogens with zero attached hydrogens (tertiary/aromatic N) is 1. The third-order valence-corrected chi connectivity index (χ3v) is 5.48. The van der Waals surface area contributed by atoms with Crippen LogP contribution in [0.1, 0.15) is 5.56 Å². The van der Waals surface area contributed by atoms with Crippen LogP contribution in [-0.2, 0) is 16.4 Å². The van der Waals surface area contributed by atoms with Crippen molar-refractivity contribution in [2.45, 2.75) is 11.3 Å². The largest absolute Gasteiger partial charge is 0.496 e. The molecule has 3 aromatic carbocycles. The average molecular weight is 383 g/mol. The molecule has 3 N–H and O–H groups in total. The SMILES string of the molecule is COc1ccccc1CCN=C(N)NS(=O)(=O)c1ccc2ccccc2c1. The summed E-state index contributed by atoms with van der Waals surface area (Å²) in [5, 5.41) is 1.81. The monoisotopic (exact) mass is 383 g/mol. The lowest BCUT2D eigenvalue weighted by molar-refractivity contribution is 0.410. The molecule has 0 spiro atoms. The normalized spacial score (nSPS) is 12.1. The van der Waals surface area contributed by atoms with Crippen molar-refractivity contribution < 1.29 is 13.2 Å². The zero-order chi connectivity index (χ0) is 19.3. The first-order chi connectivity index (χ1) is 13.0. The minimum Gasteiger partial charge on any atom is -0.496 e. The second-order valence-electron chi connectivity index (χ2n) is 5.94. The molecule has 0 saturated carbocycles. The van der Waals surface area contributed by atoms with Gasteiger partial charge in [-0.05, 0) is 41.0 Å². The van der Waals surface area contributed by atoms with Crippen molar-refractivity contribution in [3.63, 3.8) is 0 Å². The molecule has 0 fully saturated rings. The van der Waals surface area contributed by atoms with E-state index in [4.69, 9.17) is 10.5 Å². The summed E-state index contributed by atoms with van der Waals surface area (Å²) in [4.78, 5) is 4.26. The van der Waals surface area contributed by atoms with Crippen LogP contribution in [0.15, 0.2) is 76.6 Å². The fourth-order valence-electron chi connectivity index (χ4n) is 2.77. The van der Waals surface area contributed by atoms with Crippen molar-refractivity contribution in [3.05, 3.63) is 72.3 Å². The summed E-state index contributed by atoms with van der Waals surface area (Å²) in [6.07, 6.45) is 0.586. The number of guanidine groups is 1. The molecule has 0 aliphatic heterocycles. The van der Waals surface area contributed by atoms with Gasteiger partial charge in [-0.25, -0.2) is 13.1 Å². The summed E-state index contributed by atoms with van der Waals surface area (Å²) in [5.41, 5.74) is 6.75. The minimum absolute atomic E-state index is 0.141. The van der Waals surface area contributed by atoms with Crippen molar-refractivity contribution >= 4 is 26.8 Å². The Morgan fingerprint density at radius 2 is 1.74 bits per heavy atom. The van der Waals surface area contributed by atoms with E-state index in [1.165, 1.54) is 0 Å². The van der Waals surface area contributed by atoms with E-state index < -0.39 is 10.0 Å². The molecule has 0 aliphatic rings. The highest BCUT2D eigenvalue weighted by Crippen LogP contribution is 2.19. The van der Waals surface area contributed by atoms with Crippen LogP contribution < -0.4 is 15.2 Å². The average Bonchev–Trinajstić information content (AvgIpc) is 2.67. The number of benzene rings is 3. The number of ether oxygens (including phenoxy) is 1. The molecule has 3 aromatic rings. The number of aliphatic imine (C=N–C) groups is 1. The standard InChI is InChI=1S/C20H21N3O3S/c1-26-19-9-5-4-7-16(19)12-13-22-20(21)23-27(24,25)18-11-10-15-6-2-3-8-17(15)14-18/h2-11,14H,12-13H2,1H3,(H3,21,22,23). The zero-order valence-corrected chi connectivity index (χ0v) is 15.7. The van der Waals surface area contributed by atoms with Gasteiger partial charge in [0.2, 0.25) is 5.96 Å². The zero-order valence-electron chi connectivity index (χ0n) is 14.9. The highest BCUT2D eigenvalue weighted by molar-refractivity contribution is 7.90. The van der Waals surface area contributed by atoms with Crippen molar-refractivity contribution in [2.75, 3.05) is 13.7 Å². The number of sulfonamides is 1. The van der Waals surface area contributed by atoms with Gasteiger partial charge in [0.15, 0.2) is 0 Å². The van der Waals surface area contributed by atoms with Crippen LogP contribution >= 0.6 is 0 Å². The lowest BCUT2D eigenvalue weighted by Crippen LogP contribution is -2.37. The maximum absolute atomic E-state index is 12.5. The van der Waals surface area contributed by atoms with Crippen LogP contribution in [-0.4, -0.2) is 28.0 Å². The molecule has 0 atom stereocenters. The van der Waals surface area contributed by atoms with Crippen molar-refractivity contribution in [1.82, 2.24) is 4.72 Å². The molecule has 7 heteroatoms. The number of para-hydroxylation sites is 1. The lowest BCUT2D eigenvalue weighted by Gasteiger charge is -2.09. The number of methoxy groups -OCH3 is 1. The second kappa shape index (κ2) is 8.09. The molecule has 0 aliphatic carbocycles. The quantitative estimate of drug-likeness (QED) is 0.505. The molecule has 0 amide bonds. The Bertz CT molecular complexity index is 1080. The van der Waals surface area contributed by atoms with E-state index in [9.17, 15) is 8.42 Å². The van der Waals surface area contributed by atoms with E-state index in [0.717, 1.165) is 22.1 Å². The van der Waals surface area contributed by atoms with Crippen molar-refractivity contribution in [3.8, 4) is 5.75 Å². The molecule has 0 heterocycles. The maximum Gasteiger partial charge on any atom is 0.264 e. The van der Waals surface area contributed by atoms with E-state index in [0.29, 0.717) is 13.0 Å². The number of nitrogens with two attached hydrogens (primary N) is 1. The summed E-state index contributed by atoms with van der Waals surface area (Å²) < 4.78 is 32.7. The molecule has 140 valence electrons. The molecule has 0 unspecified atom stereocenters. The van der Waals surface area contributed by atoms with Crippen molar-refractivity contribution in [2.24, 2.45) is 10.7 Å². The van der Waals surface area contributed by atoms with Gasteiger partial charge in [0, 0.05) is 6.54 Å². The van der Waals surface area contributed by atoms with E-state index in [1.54, 1.807) is 25.3 Å². The summed E-state index contributed by atoms with van der Waals surface area (Å²) >= 11 is 0. The maximum atomic E-state index is 12.5. The van der Waals surface area contributed by atoms with Gasteiger partial charge in [0.25, 0.3) is 10.0 Å². The highest BCUT2D eigenvalue weighted by Gasteiger charge is 2.15. The Hall–Kier alpha value is -3.06. The number of nitrogens with one attached hydrogen (secondary N) is 1. The third kappa shape index (κ3) is 4.57. The van der Waals surface area contributed by atoms with Crippen LogP contribution in [0.3, 0.4) is 0 Å². The van der Waals surface area contributed by atoms with E-state index in [2.05, 4.69) is 9.71 Å². The predicted molar refractivity (Wildman–Crippen MR) is 107 cm³/mol. The Kier molecular flexibility index (Phi) is 5.61.